The minimum absolute atomic E-state index is 0.434. The quantitative estimate of drug-likeness (QED) is 0.549. The molecule has 1 spiro atoms. The van der Waals surface area contributed by atoms with Crippen molar-refractivity contribution in [2.75, 3.05) is 31.5 Å². The van der Waals surface area contributed by atoms with Gasteiger partial charge in [-0.15, -0.1) is 10.2 Å². The summed E-state index contributed by atoms with van der Waals surface area (Å²) >= 11 is 0. The first-order valence-electron chi connectivity index (χ1n) is 12.1. The van der Waals surface area contributed by atoms with Gasteiger partial charge in [0, 0.05) is 23.7 Å². The van der Waals surface area contributed by atoms with Crippen LogP contribution >= 0.6 is 0 Å². The summed E-state index contributed by atoms with van der Waals surface area (Å²) in [7, 11) is 0. The van der Waals surface area contributed by atoms with Crippen molar-refractivity contribution < 1.29 is 0 Å². The molecule has 168 valence electrons. The number of rotatable bonds is 6. The van der Waals surface area contributed by atoms with Gasteiger partial charge in [-0.05, 0) is 92.4 Å². The second kappa shape index (κ2) is 8.43. The van der Waals surface area contributed by atoms with E-state index in [0.29, 0.717) is 10.8 Å². The smallest absolute Gasteiger partial charge is 0.148 e. The van der Waals surface area contributed by atoms with Crippen molar-refractivity contribution in [2.24, 2.45) is 16.7 Å². The second-order valence-electron chi connectivity index (χ2n) is 11.0. The molecule has 5 heteroatoms. The van der Waals surface area contributed by atoms with Gasteiger partial charge < -0.3 is 10.2 Å². The Labute approximate surface area is 191 Å². The lowest BCUT2D eigenvalue weighted by Gasteiger charge is -2.34. The Morgan fingerprint density at radius 2 is 1.91 bits per heavy atom. The van der Waals surface area contributed by atoms with Crippen molar-refractivity contribution >= 4 is 16.7 Å². The molecule has 1 saturated heterocycles. The highest BCUT2D eigenvalue weighted by Crippen LogP contribution is 2.59. The third kappa shape index (κ3) is 4.78. The van der Waals surface area contributed by atoms with Gasteiger partial charge in [0.2, 0.25) is 0 Å². The molecule has 2 aromatic heterocycles. The lowest BCUT2D eigenvalue weighted by Crippen LogP contribution is -2.37. The zero-order valence-electron chi connectivity index (χ0n) is 19.6. The number of anilines is 1. The predicted molar refractivity (Wildman–Crippen MR) is 132 cm³/mol. The SMILES string of the molecule is CC(C)(C)CCN1CCC2(CC1)CC2CNc1ccc(-c2ccc3ncccc3c2)nn1. The minimum Gasteiger partial charge on any atom is -0.368 e. The molecule has 2 aliphatic rings. The van der Waals surface area contributed by atoms with Gasteiger partial charge in [-0.25, -0.2) is 0 Å². The number of nitrogens with one attached hydrogen (secondary N) is 1. The summed E-state index contributed by atoms with van der Waals surface area (Å²) in [5.41, 5.74) is 3.98. The van der Waals surface area contributed by atoms with Crippen LogP contribution in [-0.2, 0) is 0 Å². The molecule has 0 radical (unpaired) electrons. The van der Waals surface area contributed by atoms with Gasteiger partial charge in [-0.2, -0.15) is 0 Å². The number of hydrogen-bond donors (Lipinski definition) is 1. The number of hydrogen-bond acceptors (Lipinski definition) is 5. The van der Waals surface area contributed by atoms with E-state index in [1.54, 1.807) is 0 Å². The maximum Gasteiger partial charge on any atom is 0.148 e. The molecule has 0 bridgehead atoms. The molecule has 2 fully saturated rings. The number of benzene rings is 1. The molecule has 1 aromatic carbocycles. The van der Waals surface area contributed by atoms with Crippen LogP contribution in [0.15, 0.2) is 48.7 Å². The Hall–Kier alpha value is -2.53. The minimum atomic E-state index is 0.434. The van der Waals surface area contributed by atoms with Crippen molar-refractivity contribution in [3.8, 4) is 11.3 Å². The Kier molecular flexibility index (Phi) is 5.62. The van der Waals surface area contributed by atoms with Crippen molar-refractivity contribution in [1.29, 1.82) is 0 Å². The van der Waals surface area contributed by atoms with Crippen LogP contribution in [0.5, 0.6) is 0 Å². The molecule has 5 nitrogen and oxygen atoms in total. The Bertz CT molecular complexity index is 1060. The number of pyridine rings is 1. The van der Waals surface area contributed by atoms with E-state index in [9.17, 15) is 0 Å². The van der Waals surface area contributed by atoms with Gasteiger partial charge in [0.25, 0.3) is 0 Å². The van der Waals surface area contributed by atoms with Crippen LogP contribution in [0.4, 0.5) is 5.82 Å². The highest BCUT2D eigenvalue weighted by molar-refractivity contribution is 5.83. The van der Waals surface area contributed by atoms with Crippen molar-refractivity contribution in [2.45, 2.75) is 46.5 Å². The summed E-state index contributed by atoms with van der Waals surface area (Å²) < 4.78 is 0. The number of nitrogens with zero attached hydrogens (tertiary/aromatic N) is 4. The number of fused-ring (bicyclic) bond motifs is 1. The summed E-state index contributed by atoms with van der Waals surface area (Å²) in [5, 5.41) is 13.6. The fourth-order valence-electron chi connectivity index (χ4n) is 5.09. The molecular formula is C27H35N5. The van der Waals surface area contributed by atoms with Crippen LogP contribution in [-0.4, -0.2) is 46.3 Å². The monoisotopic (exact) mass is 429 g/mol. The molecule has 5 rings (SSSR count). The standard InChI is InChI=1S/C27H35N5/c1-26(2,3)10-14-32-15-11-27(12-16-32)18-22(27)19-29-25-9-8-24(30-31-25)21-6-7-23-20(17-21)5-4-13-28-23/h4-9,13,17,22H,10-12,14-16,18-19H2,1-3H3,(H,29,31). The Morgan fingerprint density at radius 3 is 2.66 bits per heavy atom. The van der Waals surface area contributed by atoms with E-state index >= 15 is 0 Å². The van der Waals surface area contributed by atoms with E-state index in [-0.39, 0.29) is 0 Å². The van der Waals surface area contributed by atoms with Gasteiger partial charge in [0.15, 0.2) is 0 Å². The van der Waals surface area contributed by atoms with Crippen LogP contribution in [0, 0.1) is 16.7 Å². The summed E-state index contributed by atoms with van der Waals surface area (Å²) in [4.78, 5) is 7.06. The van der Waals surface area contributed by atoms with E-state index in [0.717, 1.165) is 40.4 Å². The van der Waals surface area contributed by atoms with Crippen LogP contribution in [0.3, 0.4) is 0 Å². The van der Waals surface area contributed by atoms with Gasteiger partial charge in [-0.3, -0.25) is 4.98 Å². The third-order valence-electron chi connectivity index (χ3n) is 7.48. The van der Waals surface area contributed by atoms with Crippen molar-refractivity contribution in [1.82, 2.24) is 20.1 Å². The summed E-state index contributed by atoms with van der Waals surface area (Å²) in [6, 6.07) is 14.4. The zero-order valence-corrected chi connectivity index (χ0v) is 19.6. The van der Waals surface area contributed by atoms with Crippen molar-refractivity contribution in [3.05, 3.63) is 48.7 Å². The Balaban J connectivity index is 1.12. The van der Waals surface area contributed by atoms with E-state index in [1.165, 1.54) is 45.3 Å². The average Bonchev–Trinajstić information content (AvgIpc) is 3.48. The largest absolute Gasteiger partial charge is 0.368 e. The first-order valence-corrected chi connectivity index (χ1v) is 12.1. The average molecular weight is 430 g/mol. The highest BCUT2D eigenvalue weighted by atomic mass is 15.2. The molecule has 1 aliphatic carbocycles. The van der Waals surface area contributed by atoms with Gasteiger partial charge in [-0.1, -0.05) is 32.9 Å². The fraction of sp³-hybridized carbons (Fsp3) is 0.519. The summed E-state index contributed by atoms with van der Waals surface area (Å²) in [6.07, 6.45) is 7.18. The molecule has 3 heterocycles. The molecule has 1 aliphatic heterocycles. The lowest BCUT2D eigenvalue weighted by atomic mass is 9.88. The molecule has 1 unspecified atom stereocenters. The molecule has 0 amide bonds. The predicted octanol–water partition coefficient (Wildman–Crippen LogP) is 5.64. The van der Waals surface area contributed by atoms with E-state index in [4.69, 9.17) is 0 Å². The van der Waals surface area contributed by atoms with Gasteiger partial charge in [0.1, 0.15) is 5.82 Å². The normalized spacial score (nSPS) is 20.5. The molecular weight excluding hydrogens is 394 g/mol. The topological polar surface area (TPSA) is 53.9 Å². The van der Waals surface area contributed by atoms with E-state index in [1.807, 2.05) is 18.3 Å². The maximum atomic E-state index is 4.47. The fourth-order valence-corrected chi connectivity index (χ4v) is 5.09. The van der Waals surface area contributed by atoms with Crippen LogP contribution in [0.25, 0.3) is 22.2 Å². The highest BCUT2D eigenvalue weighted by Gasteiger charge is 2.54. The zero-order chi connectivity index (χ0) is 22.2. The second-order valence-corrected chi connectivity index (χ2v) is 11.0. The Morgan fingerprint density at radius 1 is 1.06 bits per heavy atom. The summed E-state index contributed by atoms with van der Waals surface area (Å²) in [5.74, 6) is 1.66. The molecule has 1 atom stereocenters. The first kappa shape index (κ1) is 21.3. The third-order valence-corrected chi connectivity index (χ3v) is 7.48. The molecule has 3 aromatic rings. The molecule has 1 saturated carbocycles. The van der Waals surface area contributed by atoms with Crippen LogP contribution in [0.1, 0.15) is 46.5 Å². The van der Waals surface area contributed by atoms with E-state index in [2.05, 4.69) is 76.5 Å². The lowest BCUT2D eigenvalue weighted by molar-refractivity contribution is 0.147. The van der Waals surface area contributed by atoms with Crippen LogP contribution in [0.2, 0.25) is 0 Å². The molecule has 1 N–H and O–H groups in total. The summed E-state index contributed by atoms with van der Waals surface area (Å²) in [6.45, 7) is 11.8. The van der Waals surface area contributed by atoms with Gasteiger partial charge in [0.05, 0.1) is 11.2 Å². The van der Waals surface area contributed by atoms with E-state index < -0.39 is 0 Å². The number of likely N-dealkylation sites (tertiary alicyclic amines) is 1. The van der Waals surface area contributed by atoms with Crippen molar-refractivity contribution in [3.63, 3.8) is 0 Å². The first-order chi connectivity index (χ1) is 15.4. The number of aromatic nitrogens is 3. The number of piperidine rings is 1. The van der Waals surface area contributed by atoms with Crippen LogP contribution < -0.4 is 5.32 Å². The maximum absolute atomic E-state index is 4.47. The van der Waals surface area contributed by atoms with Gasteiger partial charge >= 0.3 is 0 Å². The molecule has 32 heavy (non-hydrogen) atoms.